The molecule has 6 heteroatoms. The summed E-state index contributed by atoms with van der Waals surface area (Å²) >= 11 is 20.3. The Labute approximate surface area is 140 Å². The van der Waals surface area contributed by atoms with E-state index in [1.54, 1.807) is 18.2 Å². The molecule has 0 amide bonds. The van der Waals surface area contributed by atoms with Crippen LogP contribution in [0.5, 0.6) is 0 Å². The van der Waals surface area contributed by atoms with Crippen molar-refractivity contribution in [1.82, 2.24) is 9.97 Å². The van der Waals surface area contributed by atoms with Gasteiger partial charge in [0.2, 0.25) is 0 Å². The molecular formula is C13H10Cl3IN2. The minimum atomic E-state index is 0.463. The Balaban J connectivity index is 2.55. The van der Waals surface area contributed by atoms with Crippen LogP contribution in [0.1, 0.15) is 19.0 Å². The van der Waals surface area contributed by atoms with E-state index < -0.39 is 0 Å². The van der Waals surface area contributed by atoms with Gasteiger partial charge in [-0.2, -0.15) is 0 Å². The first-order valence-corrected chi connectivity index (χ1v) is 7.91. The van der Waals surface area contributed by atoms with Gasteiger partial charge in [0, 0.05) is 15.6 Å². The molecule has 0 saturated carbocycles. The maximum atomic E-state index is 6.16. The van der Waals surface area contributed by atoms with Gasteiger partial charge in [0.25, 0.3) is 0 Å². The Hall–Kier alpha value is -0.100. The van der Waals surface area contributed by atoms with Gasteiger partial charge in [-0.15, -0.1) is 0 Å². The zero-order chi connectivity index (χ0) is 14.0. The first-order chi connectivity index (χ1) is 9.01. The average Bonchev–Trinajstić information content (AvgIpc) is 2.33. The standard InChI is InChI=1S/C13H10Cl3IN2/c1-2-3-10-11(17)12(16)19-13(18-10)7-4-8(14)6-9(15)5-7/h4-6H,2-3H2,1H3. The zero-order valence-electron chi connectivity index (χ0n) is 10.1. The number of hydrogen-bond donors (Lipinski definition) is 0. The highest BCUT2D eigenvalue weighted by Crippen LogP contribution is 2.28. The normalized spacial score (nSPS) is 10.8. The van der Waals surface area contributed by atoms with E-state index in [0.717, 1.165) is 27.7 Å². The van der Waals surface area contributed by atoms with Crippen LogP contribution in [0.4, 0.5) is 0 Å². The molecule has 0 radical (unpaired) electrons. The minimum Gasteiger partial charge on any atom is -0.232 e. The van der Waals surface area contributed by atoms with Crippen LogP contribution in [-0.2, 0) is 6.42 Å². The van der Waals surface area contributed by atoms with Gasteiger partial charge in [0.1, 0.15) is 5.15 Å². The van der Waals surface area contributed by atoms with Gasteiger partial charge in [0.05, 0.1) is 9.26 Å². The molecule has 1 aromatic heterocycles. The van der Waals surface area contributed by atoms with Crippen molar-refractivity contribution < 1.29 is 0 Å². The van der Waals surface area contributed by atoms with Crippen molar-refractivity contribution in [2.75, 3.05) is 0 Å². The molecule has 0 unspecified atom stereocenters. The van der Waals surface area contributed by atoms with E-state index >= 15 is 0 Å². The fourth-order valence-electron chi connectivity index (χ4n) is 1.68. The van der Waals surface area contributed by atoms with Gasteiger partial charge in [0.15, 0.2) is 5.82 Å². The van der Waals surface area contributed by atoms with Crippen LogP contribution in [-0.4, -0.2) is 9.97 Å². The molecule has 2 nitrogen and oxygen atoms in total. The van der Waals surface area contributed by atoms with Crippen molar-refractivity contribution >= 4 is 57.4 Å². The average molecular weight is 428 g/mol. The van der Waals surface area contributed by atoms with E-state index in [9.17, 15) is 0 Å². The number of aromatic nitrogens is 2. The van der Waals surface area contributed by atoms with E-state index in [1.165, 1.54) is 0 Å². The summed E-state index contributed by atoms with van der Waals surface area (Å²) in [6.45, 7) is 2.10. The molecule has 0 aliphatic heterocycles. The van der Waals surface area contributed by atoms with E-state index in [-0.39, 0.29) is 0 Å². The number of nitrogens with zero attached hydrogens (tertiary/aromatic N) is 2. The molecule has 0 aliphatic rings. The Bertz CT molecular complexity index is 597. The zero-order valence-corrected chi connectivity index (χ0v) is 14.5. The van der Waals surface area contributed by atoms with Crippen LogP contribution in [0.3, 0.4) is 0 Å². The van der Waals surface area contributed by atoms with Gasteiger partial charge in [-0.25, -0.2) is 9.97 Å². The summed E-state index contributed by atoms with van der Waals surface area (Å²) in [7, 11) is 0. The summed E-state index contributed by atoms with van der Waals surface area (Å²) in [4.78, 5) is 8.85. The van der Waals surface area contributed by atoms with Gasteiger partial charge < -0.3 is 0 Å². The molecule has 0 atom stereocenters. The highest BCUT2D eigenvalue weighted by Gasteiger charge is 2.12. The van der Waals surface area contributed by atoms with Crippen LogP contribution < -0.4 is 0 Å². The Morgan fingerprint density at radius 1 is 1.05 bits per heavy atom. The number of benzene rings is 1. The van der Waals surface area contributed by atoms with Gasteiger partial charge in [-0.05, 0) is 47.2 Å². The van der Waals surface area contributed by atoms with E-state index in [0.29, 0.717) is 21.0 Å². The molecule has 1 aromatic carbocycles. The molecule has 0 saturated heterocycles. The Morgan fingerprint density at radius 2 is 1.68 bits per heavy atom. The van der Waals surface area contributed by atoms with E-state index in [4.69, 9.17) is 34.8 Å². The summed E-state index contributed by atoms with van der Waals surface area (Å²) in [5.74, 6) is 0.554. The van der Waals surface area contributed by atoms with Crippen LogP contribution in [0.2, 0.25) is 15.2 Å². The molecule has 2 rings (SSSR count). The van der Waals surface area contributed by atoms with Crippen LogP contribution in [0, 0.1) is 3.57 Å². The lowest BCUT2D eigenvalue weighted by molar-refractivity contribution is 0.867. The van der Waals surface area contributed by atoms with Crippen LogP contribution in [0.15, 0.2) is 18.2 Å². The third-order valence-corrected chi connectivity index (χ3v) is 4.65. The number of hydrogen-bond acceptors (Lipinski definition) is 2. The SMILES string of the molecule is CCCc1nc(-c2cc(Cl)cc(Cl)c2)nc(Cl)c1I. The van der Waals surface area contributed by atoms with Gasteiger partial charge in [-0.1, -0.05) is 48.1 Å². The molecule has 1 heterocycles. The molecule has 0 N–H and O–H groups in total. The predicted octanol–water partition coefficient (Wildman–Crippen LogP) is 5.66. The smallest absolute Gasteiger partial charge is 0.161 e. The molecule has 100 valence electrons. The molecule has 0 spiro atoms. The van der Waals surface area contributed by atoms with Crippen LogP contribution in [0.25, 0.3) is 11.4 Å². The Kier molecular flexibility index (Phi) is 5.29. The largest absolute Gasteiger partial charge is 0.232 e. The van der Waals surface area contributed by atoms with Crippen molar-refractivity contribution in [2.45, 2.75) is 19.8 Å². The summed E-state index contributed by atoms with van der Waals surface area (Å²) < 4.78 is 0.901. The topological polar surface area (TPSA) is 25.8 Å². The molecule has 0 aliphatic carbocycles. The van der Waals surface area contributed by atoms with E-state index in [1.807, 2.05) is 0 Å². The lowest BCUT2D eigenvalue weighted by Gasteiger charge is -2.08. The molecule has 0 fully saturated rings. The van der Waals surface area contributed by atoms with Crippen molar-refractivity contribution in [1.29, 1.82) is 0 Å². The third kappa shape index (κ3) is 3.72. The summed E-state index contributed by atoms with van der Waals surface area (Å²) in [5, 5.41) is 1.57. The predicted molar refractivity (Wildman–Crippen MR) is 89.2 cm³/mol. The second kappa shape index (κ2) is 6.57. The third-order valence-electron chi connectivity index (χ3n) is 2.49. The maximum absolute atomic E-state index is 6.16. The molecular weight excluding hydrogens is 417 g/mol. The second-order valence-electron chi connectivity index (χ2n) is 4.01. The quantitative estimate of drug-likeness (QED) is 0.467. The van der Waals surface area contributed by atoms with Crippen molar-refractivity contribution in [3.63, 3.8) is 0 Å². The van der Waals surface area contributed by atoms with Crippen molar-refractivity contribution in [2.24, 2.45) is 0 Å². The molecule has 19 heavy (non-hydrogen) atoms. The fraction of sp³-hybridized carbons (Fsp3) is 0.231. The second-order valence-corrected chi connectivity index (χ2v) is 6.32. The highest BCUT2D eigenvalue weighted by atomic mass is 127. The summed E-state index contributed by atoms with van der Waals surface area (Å²) in [6, 6.07) is 5.23. The van der Waals surface area contributed by atoms with Crippen LogP contribution >= 0.6 is 57.4 Å². The lowest BCUT2D eigenvalue weighted by Crippen LogP contribution is -2.00. The van der Waals surface area contributed by atoms with Gasteiger partial charge >= 0.3 is 0 Å². The summed E-state index contributed by atoms with van der Waals surface area (Å²) in [6.07, 6.45) is 1.86. The van der Waals surface area contributed by atoms with Crippen molar-refractivity contribution in [3.8, 4) is 11.4 Å². The van der Waals surface area contributed by atoms with Crippen molar-refractivity contribution in [3.05, 3.63) is 42.7 Å². The first kappa shape index (κ1) is 15.3. The number of halogens is 4. The molecule has 0 bridgehead atoms. The minimum absolute atomic E-state index is 0.463. The van der Waals surface area contributed by atoms with E-state index in [2.05, 4.69) is 39.5 Å². The maximum Gasteiger partial charge on any atom is 0.161 e. The monoisotopic (exact) mass is 426 g/mol. The lowest BCUT2D eigenvalue weighted by atomic mass is 10.2. The highest BCUT2D eigenvalue weighted by molar-refractivity contribution is 14.1. The molecule has 2 aromatic rings. The van der Waals surface area contributed by atoms with Gasteiger partial charge in [-0.3, -0.25) is 0 Å². The number of aryl methyl sites for hydroxylation is 1. The fourth-order valence-corrected chi connectivity index (χ4v) is 2.90. The number of rotatable bonds is 3. The summed E-state index contributed by atoms with van der Waals surface area (Å²) in [5.41, 5.74) is 1.72. The first-order valence-electron chi connectivity index (χ1n) is 5.69. The Morgan fingerprint density at radius 3 is 2.26 bits per heavy atom.